The van der Waals surface area contributed by atoms with Crippen molar-refractivity contribution in [3.8, 4) is 16.9 Å². The van der Waals surface area contributed by atoms with Crippen molar-refractivity contribution < 1.29 is 18.0 Å². The molecule has 4 aromatic rings. The van der Waals surface area contributed by atoms with E-state index in [4.69, 9.17) is 0 Å². The van der Waals surface area contributed by atoms with Gasteiger partial charge >= 0.3 is 6.18 Å². The van der Waals surface area contributed by atoms with E-state index in [0.29, 0.717) is 41.2 Å². The highest BCUT2D eigenvalue weighted by molar-refractivity contribution is 5.95. The summed E-state index contributed by atoms with van der Waals surface area (Å²) in [6.45, 7) is 4.07. The molecule has 0 N–H and O–H groups in total. The number of alkyl halides is 3. The van der Waals surface area contributed by atoms with E-state index in [-0.39, 0.29) is 11.5 Å². The summed E-state index contributed by atoms with van der Waals surface area (Å²) in [6, 6.07) is 4.98. The van der Waals surface area contributed by atoms with Gasteiger partial charge in [0, 0.05) is 31.8 Å². The van der Waals surface area contributed by atoms with Crippen LogP contribution in [-0.2, 0) is 26.7 Å². The van der Waals surface area contributed by atoms with E-state index in [9.17, 15) is 18.0 Å². The van der Waals surface area contributed by atoms with E-state index < -0.39 is 17.9 Å². The molecule has 0 fully saturated rings. The number of hydrogen-bond acceptors (Lipinski definition) is 5. The third-order valence-corrected chi connectivity index (χ3v) is 6.32. The summed E-state index contributed by atoms with van der Waals surface area (Å²) in [5.74, 6) is -0.190. The number of aryl methyl sites for hydroxylation is 3. The maximum Gasteiger partial charge on any atom is 0.433 e. The molecule has 0 aliphatic carbocycles. The molecule has 0 radical (unpaired) electrons. The SMILES string of the molecule is Cc1cc(C(=O)N2CCc3c(nn(C)c3-c3cnn(C)c3C(F)(F)F)C2C)cc(-n2nccn2)c1. The van der Waals surface area contributed by atoms with Gasteiger partial charge in [0.25, 0.3) is 5.91 Å². The van der Waals surface area contributed by atoms with Crippen molar-refractivity contribution in [2.45, 2.75) is 32.5 Å². The summed E-state index contributed by atoms with van der Waals surface area (Å²) >= 11 is 0. The van der Waals surface area contributed by atoms with Gasteiger partial charge < -0.3 is 4.90 Å². The average Bonchev–Trinajstić information content (AvgIpc) is 3.51. The van der Waals surface area contributed by atoms with Crippen molar-refractivity contribution in [2.24, 2.45) is 14.1 Å². The van der Waals surface area contributed by atoms with Crippen LogP contribution < -0.4 is 0 Å². The lowest BCUT2D eigenvalue weighted by molar-refractivity contribution is -0.143. The highest BCUT2D eigenvalue weighted by Crippen LogP contribution is 2.41. The first kappa shape index (κ1) is 22.8. The zero-order valence-corrected chi connectivity index (χ0v) is 19.6. The number of benzene rings is 1. The number of halogens is 3. The molecule has 1 amide bonds. The largest absolute Gasteiger partial charge is 0.433 e. The number of nitrogens with zero attached hydrogens (tertiary/aromatic N) is 8. The predicted molar refractivity (Wildman–Crippen MR) is 120 cm³/mol. The molecule has 12 heteroatoms. The Morgan fingerprint density at radius 1 is 1.06 bits per heavy atom. The summed E-state index contributed by atoms with van der Waals surface area (Å²) in [6.07, 6.45) is 0.152. The molecule has 9 nitrogen and oxygen atoms in total. The number of fused-ring (bicyclic) bond motifs is 1. The third kappa shape index (κ3) is 3.78. The Balaban J connectivity index is 1.51. The average molecular weight is 484 g/mol. The van der Waals surface area contributed by atoms with E-state index in [1.807, 2.05) is 19.9 Å². The Hall–Kier alpha value is -3.96. The Labute approximate surface area is 198 Å². The summed E-state index contributed by atoms with van der Waals surface area (Å²) in [5, 5.41) is 16.7. The minimum Gasteiger partial charge on any atom is -0.330 e. The van der Waals surface area contributed by atoms with Crippen LogP contribution in [0.25, 0.3) is 16.9 Å². The second-order valence-corrected chi connectivity index (χ2v) is 8.66. The van der Waals surface area contributed by atoms with Gasteiger partial charge in [0.1, 0.15) is 0 Å². The molecule has 182 valence electrons. The topological polar surface area (TPSA) is 86.7 Å². The number of hydrogen-bond donors (Lipinski definition) is 0. The van der Waals surface area contributed by atoms with Crippen LogP contribution in [0, 0.1) is 6.92 Å². The molecule has 0 saturated heterocycles. The molecule has 1 aliphatic heterocycles. The molecule has 1 aliphatic rings. The van der Waals surface area contributed by atoms with Gasteiger partial charge in [-0.2, -0.15) is 38.4 Å². The van der Waals surface area contributed by atoms with Gasteiger partial charge in [0.05, 0.1) is 47.3 Å². The Morgan fingerprint density at radius 3 is 2.46 bits per heavy atom. The maximum absolute atomic E-state index is 13.7. The molecular weight excluding hydrogens is 461 g/mol. The minimum atomic E-state index is -4.56. The Morgan fingerprint density at radius 2 is 1.77 bits per heavy atom. The summed E-state index contributed by atoms with van der Waals surface area (Å²) in [4.78, 5) is 16.7. The lowest BCUT2D eigenvalue weighted by Gasteiger charge is -2.33. The summed E-state index contributed by atoms with van der Waals surface area (Å²) in [7, 11) is 2.89. The van der Waals surface area contributed by atoms with Crippen LogP contribution in [-0.4, -0.2) is 51.9 Å². The number of rotatable bonds is 3. The second kappa shape index (κ2) is 8.07. The number of aromatic nitrogens is 7. The third-order valence-electron chi connectivity index (χ3n) is 6.32. The van der Waals surface area contributed by atoms with Gasteiger partial charge in [0.2, 0.25) is 0 Å². The Bertz CT molecular complexity index is 1420. The zero-order chi connectivity index (χ0) is 25.1. The van der Waals surface area contributed by atoms with Crippen LogP contribution in [0.1, 0.15) is 45.8 Å². The van der Waals surface area contributed by atoms with E-state index in [2.05, 4.69) is 20.4 Å². The fourth-order valence-corrected chi connectivity index (χ4v) is 4.82. The summed E-state index contributed by atoms with van der Waals surface area (Å²) < 4.78 is 43.5. The second-order valence-electron chi connectivity index (χ2n) is 8.66. The molecule has 5 rings (SSSR count). The van der Waals surface area contributed by atoms with E-state index in [1.165, 1.54) is 22.7 Å². The van der Waals surface area contributed by atoms with Gasteiger partial charge in [0.15, 0.2) is 5.69 Å². The molecular formula is C23H23F3N8O. The van der Waals surface area contributed by atoms with Crippen molar-refractivity contribution in [3.05, 3.63) is 64.9 Å². The number of carbonyl (C=O) groups excluding carboxylic acids is 1. The van der Waals surface area contributed by atoms with Gasteiger partial charge in [-0.15, -0.1) is 0 Å². The molecule has 1 aromatic carbocycles. The molecule has 4 heterocycles. The van der Waals surface area contributed by atoms with Crippen LogP contribution in [0.15, 0.2) is 36.8 Å². The van der Waals surface area contributed by atoms with Crippen molar-refractivity contribution in [3.63, 3.8) is 0 Å². The highest BCUT2D eigenvalue weighted by atomic mass is 19.4. The van der Waals surface area contributed by atoms with E-state index >= 15 is 0 Å². The molecule has 0 saturated carbocycles. The number of amides is 1. The first-order valence-corrected chi connectivity index (χ1v) is 11.0. The highest BCUT2D eigenvalue weighted by Gasteiger charge is 2.41. The van der Waals surface area contributed by atoms with Crippen LogP contribution in [0.5, 0.6) is 0 Å². The molecule has 3 aromatic heterocycles. The summed E-state index contributed by atoms with van der Waals surface area (Å²) in [5.41, 5.74) is 2.85. The van der Waals surface area contributed by atoms with Crippen molar-refractivity contribution in [1.29, 1.82) is 0 Å². The maximum atomic E-state index is 13.7. The molecule has 35 heavy (non-hydrogen) atoms. The van der Waals surface area contributed by atoms with Gasteiger partial charge in [-0.3, -0.25) is 14.2 Å². The first-order chi connectivity index (χ1) is 16.6. The zero-order valence-electron chi connectivity index (χ0n) is 19.6. The van der Waals surface area contributed by atoms with Crippen molar-refractivity contribution in [2.75, 3.05) is 6.54 Å². The molecule has 1 atom stereocenters. The van der Waals surface area contributed by atoms with Crippen LogP contribution in [0.4, 0.5) is 13.2 Å². The fraction of sp³-hybridized carbons (Fsp3) is 0.348. The van der Waals surface area contributed by atoms with Gasteiger partial charge in [-0.1, -0.05) is 0 Å². The molecule has 0 bridgehead atoms. The smallest absolute Gasteiger partial charge is 0.330 e. The minimum absolute atomic E-state index is 0.0155. The van der Waals surface area contributed by atoms with Crippen LogP contribution >= 0.6 is 0 Å². The van der Waals surface area contributed by atoms with Gasteiger partial charge in [-0.25, -0.2) is 0 Å². The first-order valence-electron chi connectivity index (χ1n) is 11.0. The molecule has 0 spiro atoms. The Kier molecular flexibility index (Phi) is 5.26. The standard InChI is InChI=1S/C23H23F3N8O/c1-13-9-15(11-16(10-13)34-27-6-7-28-34)22(35)33-8-5-17-19(14(33)2)30-31(3)20(17)18-12-29-32(4)21(18)23(24,25)26/h6-7,9-12,14H,5,8H2,1-4H3. The normalized spacial score (nSPS) is 16.0. The van der Waals surface area contributed by atoms with Crippen LogP contribution in [0.3, 0.4) is 0 Å². The van der Waals surface area contributed by atoms with E-state index in [0.717, 1.165) is 10.2 Å². The van der Waals surface area contributed by atoms with Crippen LogP contribution in [0.2, 0.25) is 0 Å². The lowest BCUT2D eigenvalue weighted by Crippen LogP contribution is -2.39. The molecule has 1 unspecified atom stereocenters. The quantitative estimate of drug-likeness (QED) is 0.444. The lowest BCUT2D eigenvalue weighted by atomic mass is 9.95. The monoisotopic (exact) mass is 484 g/mol. The van der Waals surface area contributed by atoms with E-state index in [1.54, 1.807) is 36.5 Å². The fourth-order valence-electron chi connectivity index (χ4n) is 4.82. The predicted octanol–water partition coefficient (Wildman–Crippen LogP) is 3.49. The van der Waals surface area contributed by atoms with Crippen molar-refractivity contribution in [1.82, 2.24) is 39.5 Å². The van der Waals surface area contributed by atoms with Crippen molar-refractivity contribution >= 4 is 5.91 Å². The number of carbonyl (C=O) groups is 1. The van der Waals surface area contributed by atoms with Gasteiger partial charge in [-0.05, 0) is 44.0 Å².